The number of aliphatic hydroxyl groups excluding tert-OH is 1. The van der Waals surface area contributed by atoms with Crippen molar-refractivity contribution in [2.45, 2.75) is 31.8 Å². The molecule has 0 aliphatic carbocycles. The number of fused-ring (bicyclic) bond motifs is 1. The maximum atomic E-state index is 13.4. The summed E-state index contributed by atoms with van der Waals surface area (Å²) < 4.78 is 45.5. The number of anilines is 1. The summed E-state index contributed by atoms with van der Waals surface area (Å²) in [6.45, 7) is 1.22. The Labute approximate surface area is 236 Å². The molecule has 1 unspecified atom stereocenters. The fourth-order valence-electron chi connectivity index (χ4n) is 5.30. The van der Waals surface area contributed by atoms with Crippen molar-refractivity contribution in [1.82, 2.24) is 15.4 Å². The number of nitrogens with one attached hydrogen (secondary N) is 1. The fourth-order valence-corrected chi connectivity index (χ4v) is 5.30. The van der Waals surface area contributed by atoms with Crippen LogP contribution in [0.2, 0.25) is 0 Å². The summed E-state index contributed by atoms with van der Waals surface area (Å²) in [4.78, 5) is 21.2. The number of hydrogen-bond donors (Lipinski definition) is 3. The minimum atomic E-state index is -1.54. The molecule has 1 fully saturated rings. The molecule has 2 heterocycles. The van der Waals surface area contributed by atoms with Crippen LogP contribution in [0.3, 0.4) is 0 Å². The van der Waals surface area contributed by atoms with Crippen LogP contribution in [-0.2, 0) is 4.79 Å². The SMILES string of the molecule is COc1ccc2ncc(N(C)C)c(C(O)CCC3(C(=O)NO)CCN(CC#Cc4cc(F)c(F)c(F)c4)CC3)c2c1. The van der Waals surface area contributed by atoms with Crippen molar-refractivity contribution in [3.63, 3.8) is 0 Å². The van der Waals surface area contributed by atoms with Gasteiger partial charge >= 0.3 is 0 Å². The minimum Gasteiger partial charge on any atom is -0.497 e. The number of amides is 1. The lowest BCUT2D eigenvalue weighted by Crippen LogP contribution is -2.48. The van der Waals surface area contributed by atoms with Crippen LogP contribution in [-0.4, -0.2) is 66.9 Å². The molecule has 1 aromatic heterocycles. The van der Waals surface area contributed by atoms with Gasteiger partial charge in [-0.1, -0.05) is 11.8 Å². The van der Waals surface area contributed by atoms with E-state index in [4.69, 9.17) is 4.74 Å². The van der Waals surface area contributed by atoms with Gasteiger partial charge in [0.1, 0.15) is 5.75 Å². The topological polar surface area (TPSA) is 98.2 Å². The summed E-state index contributed by atoms with van der Waals surface area (Å²) in [6.07, 6.45) is 2.16. The Kier molecular flexibility index (Phi) is 9.38. The van der Waals surface area contributed by atoms with Gasteiger partial charge in [-0.05, 0) is 56.0 Å². The Morgan fingerprint density at radius 2 is 1.88 bits per heavy atom. The van der Waals surface area contributed by atoms with Gasteiger partial charge in [0.15, 0.2) is 17.5 Å². The van der Waals surface area contributed by atoms with E-state index in [9.17, 15) is 28.3 Å². The number of aromatic nitrogens is 1. The van der Waals surface area contributed by atoms with Crippen molar-refractivity contribution in [3.8, 4) is 17.6 Å². The number of rotatable bonds is 8. The van der Waals surface area contributed by atoms with Gasteiger partial charge in [-0.15, -0.1) is 0 Å². The first-order chi connectivity index (χ1) is 19.6. The third-order valence-electron chi connectivity index (χ3n) is 7.72. The minimum absolute atomic E-state index is 0.0275. The van der Waals surface area contributed by atoms with Crippen LogP contribution in [0.5, 0.6) is 5.75 Å². The molecule has 11 heteroatoms. The van der Waals surface area contributed by atoms with Crippen molar-refractivity contribution >= 4 is 22.5 Å². The van der Waals surface area contributed by atoms with Gasteiger partial charge in [0, 0.05) is 43.7 Å². The van der Waals surface area contributed by atoms with E-state index in [1.165, 1.54) is 0 Å². The monoisotopic (exact) mass is 570 g/mol. The average Bonchev–Trinajstić information content (AvgIpc) is 2.97. The van der Waals surface area contributed by atoms with Gasteiger partial charge in [-0.2, -0.15) is 0 Å². The van der Waals surface area contributed by atoms with Gasteiger partial charge < -0.3 is 14.7 Å². The van der Waals surface area contributed by atoms with E-state index < -0.39 is 34.9 Å². The van der Waals surface area contributed by atoms with Crippen LogP contribution in [0.1, 0.15) is 42.9 Å². The summed E-state index contributed by atoms with van der Waals surface area (Å²) in [6, 6.07) is 7.14. The van der Waals surface area contributed by atoms with E-state index in [2.05, 4.69) is 16.8 Å². The lowest BCUT2D eigenvalue weighted by Gasteiger charge is -2.40. The largest absolute Gasteiger partial charge is 0.497 e. The molecule has 3 N–H and O–H groups in total. The highest BCUT2D eigenvalue weighted by Gasteiger charge is 2.41. The third kappa shape index (κ3) is 6.56. The highest BCUT2D eigenvalue weighted by Crippen LogP contribution is 2.41. The highest BCUT2D eigenvalue weighted by molar-refractivity contribution is 5.88. The molecule has 0 bridgehead atoms. The Hall–Kier alpha value is -3.85. The van der Waals surface area contributed by atoms with Crippen molar-refractivity contribution in [1.29, 1.82) is 0 Å². The number of methoxy groups -OCH3 is 1. The number of carbonyl (C=O) groups is 1. The Morgan fingerprint density at radius 1 is 1.20 bits per heavy atom. The first-order valence-electron chi connectivity index (χ1n) is 13.2. The first-order valence-corrected chi connectivity index (χ1v) is 13.2. The number of aliphatic hydroxyl groups is 1. The van der Waals surface area contributed by atoms with Gasteiger partial charge in [-0.25, -0.2) is 18.7 Å². The summed E-state index contributed by atoms with van der Waals surface area (Å²) in [7, 11) is 5.29. The van der Waals surface area contributed by atoms with Crippen LogP contribution >= 0.6 is 0 Å². The molecule has 41 heavy (non-hydrogen) atoms. The predicted molar refractivity (Wildman–Crippen MR) is 148 cm³/mol. The van der Waals surface area contributed by atoms with Crippen molar-refractivity contribution in [3.05, 3.63) is 65.1 Å². The summed E-state index contributed by atoms with van der Waals surface area (Å²) >= 11 is 0. The quantitative estimate of drug-likeness (QED) is 0.162. The lowest BCUT2D eigenvalue weighted by atomic mass is 9.73. The fraction of sp³-hybridized carbons (Fsp3) is 0.400. The van der Waals surface area contributed by atoms with Gasteiger partial charge in [-0.3, -0.25) is 19.9 Å². The van der Waals surface area contributed by atoms with Crippen LogP contribution in [0.25, 0.3) is 10.9 Å². The number of halogens is 3. The number of pyridine rings is 1. The molecule has 2 aromatic carbocycles. The molecule has 3 aromatic rings. The second kappa shape index (κ2) is 12.8. The van der Waals surface area contributed by atoms with Crippen molar-refractivity contribution in [2.24, 2.45) is 5.41 Å². The third-order valence-corrected chi connectivity index (χ3v) is 7.72. The molecule has 8 nitrogen and oxygen atoms in total. The molecule has 1 aliphatic rings. The Balaban J connectivity index is 1.48. The molecule has 1 aliphatic heterocycles. The molecule has 1 saturated heterocycles. The molecule has 0 saturated carbocycles. The van der Waals surface area contributed by atoms with Gasteiger partial charge in [0.2, 0.25) is 5.91 Å². The number of nitrogens with zero attached hydrogens (tertiary/aromatic N) is 3. The number of benzene rings is 2. The van der Waals surface area contributed by atoms with E-state index in [1.54, 1.807) is 24.9 Å². The molecule has 218 valence electrons. The van der Waals surface area contributed by atoms with E-state index in [1.807, 2.05) is 36.0 Å². The molecule has 1 atom stereocenters. The zero-order valence-corrected chi connectivity index (χ0v) is 23.2. The van der Waals surface area contributed by atoms with Crippen molar-refractivity contribution < 1.29 is 33.0 Å². The Bertz CT molecular complexity index is 1460. The standard InChI is InChI=1S/C30H33F3N4O4/c1-36(2)25-18-34-24-7-6-20(41-3)17-21(24)27(25)26(38)8-9-30(29(39)35-40)10-13-37(14-11-30)12-4-5-19-15-22(31)28(33)23(32)16-19/h6-7,15-18,26,38,40H,8-14H2,1-3H3,(H,35,39). The van der Waals surface area contributed by atoms with E-state index >= 15 is 0 Å². The highest BCUT2D eigenvalue weighted by atomic mass is 19.2. The maximum Gasteiger partial charge on any atom is 0.249 e. The molecule has 0 spiro atoms. The van der Waals surface area contributed by atoms with E-state index in [-0.39, 0.29) is 18.5 Å². The van der Waals surface area contributed by atoms with Crippen LogP contribution in [0.4, 0.5) is 18.9 Å². The average molecular weight is 571 g/mol. The zero-order valence-electron chi connectivity index (χ0n) is 23.2. The summed E-state index contributed by atoms with van der Waals surface area (Å²) in [5.41, 5.74) is 3.04. The lowest BCUT2D eigenvalue weighted by molar-refractivity contribution is -0.143. The summed E-state index contributed by atoms with van der Waals surface area (Å²) in [5.74, 6) is 1.46. The van der Waals surface area contributed by atoms with Crippen molar-refractivity contribution in [2.75, 3.05) is 45.7 Å². The smallest absolute Gasteiger partial charge is 0.249 e. The van der Waals surface area contributed by atoms with E-state index in [0.717, 1.165) is 23.2 Å². The second-order valence-electron chi connectivity index (χ2n) is 10.4. The number of carbonyl (C=O) groups excluding carboxylic acids is 1. The molecular weight excluding hydrogens is 537 g/mol. The van der Waals surface area contributed by atoms with Gasteiger partial charge in [0.25, 0.3) is 0 Å². The van der Waals surface area contributed by atoms with Crippen LogP contribution < -0.4 is 15.1 Å². The van der Waals surface area contributed by atoms with Crippen LogP contribution in [0.15, 0.2) is 36.5 Å². The number of hydroxylamine groups is 1. The molecule has 1 amide bonds. The number of ether oxygens (including phenoxy) is 1. The predicted octanol–water partition coefficient (Wildman–Crippen LogP) is 4.18. The summed E-state index contributed by atoms with van der Waals surface area (Å²) in [5, 5.41) is 21.7. The Morgan fingerprint density at radius 3 is 2.49 bits per heavy atom. The first kappa shape index (κ1) is 30.1. The molecule has 4 rings (SSSR count). The van der Waals surface area contributed by atoms with Gasteiger partial charge in [0.05, 0.1) is 42.6 Å². The van der Waals surface area contributed by atoms with E-state index in [0.29, 0.717) is 49.2 Å². The molecule has 0 radical (unpaired) electrons. The zero-order chi connectivity index (χ0) is 29.7. The second-order valence-corrected chi connectivity index (χ2v) is 10.4. The number of likely N-dealkylation sites (tertiary alicyclic amines) is 1. The number of piperidine rings is 1. The number of hydrogen-bond acceptors (Lipinski definition) is 7. The molecular formula is C30H33F3N4O4. The maximum absolute atomic E-state index is 13.4. The normalized spacial score (nSPS) is 15.6. The van der Waals surface area contributed by atoms with Crippen LogP contribution in [0, 0.1) is 34.7 Å².